The van der Waals surface area contributed by atoms with E-state index in [0.29, 0.717) is 17.2 Å². The normalized spacial score (nSPS) is 18.2. The van der Waals surface area contributed by atoms with E-state index in [4.69, 9.17) is 4.74 Å². The molecule has 128 valence electrons. The molecule has 0 N–H and O–H groups in total. The Morgan fingerprint density at radius 2 is 1.87 bits per heavy atom. The molecule has 1 aliphatic rings. The fourth-order valence-electron chi connectivity index (χ4n) is 2.65. The fourth-order valence-corrected chi connectivity index (χ4v) is 3.88. The summed E-state index contributed by atoms with van der Waals surface area (Å²) in [5, 5.41) is 0. The van der Waals surface area contributed by atoms with Gasteiger partial charge in [-0.2, -0.15) is 4.36 Å². The van der Waals surface area contributed by atoms with Crippen molar-refractivity contribution in [2.24, 2.45) is 10.3 Å². The Balaban J connectivity index is 2.00. The number of hydrogen-bond acceptors (Lipinski definition) is 4. The fraction of sp³-hybridized carbons (Fsp3) is 0.588. The molecule has 1 saturated heterocycles. The van der Waals surface area contributed by atoms with Crippen molar-refractivity contribution in [1.29, 1.82) is 0 Å². The number of ether oxygens (including phenoxy) is 1. The minimum Gasteiger partial charge on any atom is -0.381 e. The number of anilines is 1. The minimum absolute atomic E-state index is 0.263. The summed E-state index contributed by atoms with van der Waals surface area (Å²) in [6.07, 6.45) is 4.71. The number of carbonyl (C=O) groups excluding carboxylic acids is 1. The molecule has 0 bridgehead atoms. The number of amides is 1. The third-order valence-electron chi connectivity index (χ3n) is 4.17. The van der Waals surface area contributed by atoms with Gasteiger partial charge < -0.3 is 9.64 Å². The van der Waals surface area contributed by atoms with E-state index in [-0.39, 0.29) is 5.91 Å². The van der Waals surface area contributed by atoms with Gasteiger partial charge in [-0.15, -0.1) is 0 Å². The molecule has 1 heterocycles. The first-order valence-corrected chi connectivity index (χ1v) is 9.91. The molecule has 0 saturated carbocycles. The summed E-state index contributed by atoms with van der Waals surface area (Å²) in [7, 11) is 1.22. The van der Waals surface area contributed by atoms with Crippen LogP contribution in [-0.2, 0) is 19.3 Å². The second kappa shape index (κ2) is 7.93. The van der Waals surface area contributed by atoms with Crippen LogP contribution in [0.4, 0.5) is 5.69 Å². The summed E-state index contributed by atoms with van der Waals surface area (Å²) >= 11 is 0. The van der Waals surface area contributed by atoms with E-state index in [2.05, 4.69) is 4.36 Å². The lowest BCUT2D eigenvalue weighted by Gasteiger charge is -2.21. The largest absolute Gasteiger partial charge is 0.381 e. The van der Waals surface area contributed by atoms with Crippen LogP contribution in [0.2, 0.25) is 0 Å². The summed E-state index contributed by atoms with van der Waals surface area (Å²) in [6, 6.07) is 7.35. The lowest BCUT2D eigenvalue weighted by atomic mass is 9.95. The predicted octanol–water partition coefficient (Wildman–Crippen LogP) is 2.94. The molecule has 1 unspecified atom stereocenters. The van der Waals surface area contributed by atoms with Crippen LogP contribution >= 0.6 is 0 Å². The van der Waals surface area contributed by atoms with Crippen molar-refractivity contribution in [3.8, 4) is 0 Å². The maximum atomic E-state index is 12.7. The van der Waals surface area contributed by atoms with Crippen LogP contribution < -0.4 is 4.90 Å². The standard InChI is InChI=1S/C17H26N2O3S/c1-19(2)15-5-7-16(8-6-15)23(3,21)18-17(20)9-4-14-10-12-22-13-11-14/h5-8,14H,4,9-13H2,1-3H3. The van der Waals surface area contributed by atoms with Crippen LogP contribution in [0.25, 0.3) is 0 Å². The van der Waals surface area contributed by atoms with Crippen molar-refractivity contribution in [3.63, 3.8) is 0 Å². The Kier molecular flexibility index (Phi) is 6.18. The molecule has 5 nitrogen and oxygen atoms in total. The van der Waals surface area contributed by atoms with Crippen LogP contribution in [0.3, 0.4) is 0 Å². The van der Waals surface area contributed by atoms with Gasteiger partial charge in [0.1, 0.15) is 0 Å². The molecule has 1 aromatic rings. The van der Waals surface area contributed by atoms with Crippen molar-refractivity contribution in [3.05, 3.63) is 24.3 Å². The Labute approximate surface area is 139 Å². The van der Waals surface area contributed by atoms with E-state index in [1.54, 1.807) is 12.1 Å². The first-order chi connectivity index (χ1) is 10.9. The molecule has 0 radical (unpaired) electrons. The summed E-state index contributed by atoms with van der Waals surface area (Å²) in [4.78, 5) is 14.6. The molecule has 0 aromatic heterocycles. The number of carbonyl (C=O) groups is 1. The van der Waals surface area contributed by atoms with Gasteiger partial charge in [0.05, 0.1) is 9.73 Å². The molecule has 1 aromatic carbocycles. The molecule has 1 amide bonds. The van der Waals surface area contributed by atoms with E-state index in [1.165, 1.54) is 6.26 Å². The predicted molar refractivity (Wildman–Crippen MR) is 93.3 cm³/mol. The van der Waals surface area contributed by atoms with E-state index in [0.717, 1.165) is 38.2 Å². The molecule has 1 fully saturated rings. The van der Waals surface area contributed by atoms with Crippen molar-refractivity contribution < 1.29 is 13.7 Å². The van der Waals surface area contributed by atoms with E-state index < -0.39 is 9.73 Å². The molecule has 2 rings (SSSR count). The molecule has 1 atom stereocenters. The van der Waals surface area contributed by atoms with Gasteiger partial charge in [-0.1, -0.05) is 0 Å². The van der Waals surface area contributed by atoms with Crippen molar-refractivity contribution in [1.82, 2.24) is 0 Å². The average molecular weight is 338 g/mol. The third-order valence-corrected chi connectivity index (χ3v) is 5.87. The number of rotatable bonds is 5. The van der Waals surface area contributed by atoms with Gasteiger partial charge in [-0.25, -0.2) is 4.21 Å². The van der Waals surface area contributed by atoms with Gasteiger partial charge in [0.15, 0.2) is 0 Å². The number of benzene rings is 1. The Morgan fingerprint density at radius 1 is 1.26 bits per heavy atom. The summed E-state index contributed by atoms with van der Waals surface area (Å²) in [5.41, 5.74) is 1.02. The minimum atomic E-state index is -2.67. The zero-order valence-electron chi connectivity index (χ0n) is 14.2. The van der Waals surface area contributed by atoms with Gasteiger partial charge in [0.2, 0.25) is 0 Å². The second-order valence-electron chi connectivity index (χ2n) is 6.27. The topological polar surface area (TPSA) is 59.0 Å². The van der Waals surface area contributed by atoms with E-state index >= 15 is 0 Å². The van der Waals surface area contributed by atoms with Gasteiger partial charge >= 0.3 is 0 Å². The van der Waals surface area contributed by atoms with Crippen molar-refractivity contribution >= 4 is 21.3 Å². The molecule has 0 spiro atoms. The van der Waals surface area contributed by atoms with Crippen LogP contribution in [0.1, 0.15) is 25.7 Å². The van der Waals surface area contributed by atoms with E-state index in [9.17, 15) is 9.00 Å². The second-order valence-corrected chi connectivity index (χ2v) is 8.53. The first kappa shape index (κ1) is 17.9. The zero-order valence-corrected chi connectivity index (χ0v) is 15.0. The Bertz CT molecular complexity index is 640. The monoisotopic (exact) mass is 338 g/mol. The van der Waals surface area contributed by atoms with Gasteiger partial charge in [0.25, 0.3) is 5.91 Å². The van der Waals surface area contributed by atoms with Crippen LogP contribution in [0.5, 0.6) is 0 Å². The summed E-state index contributed by atoms with van der Waals surface area (Å²) in [6.45, 7) is 1.55. The third kappa shape index (κ3) is 5.32. The van der Waals surface area contributed by atoms with Crippen LogP contribution in [0, 0.1) is 5.92 Å². The smallest absolute Gasteiger partial charge is 0.254 e. The highest BCUT2D eigenvalue weighted by Crippen LogP contribution is 2.21. The highest BCUT2D eigenvalue weighted by molar-refractivity contribution is 7.93. The maximum Gasteiger partial charge on any atom is 0.254 e. The van der Waals surface area contributed by atoms with Gasteiger partial charge in [-0.3, -0.25) is 4.79 Å². The molecule has 6 heteroatoms. The Morgan fingerprint density at radius 3 is 2.43 bits per heavy atom. The molecular weight excluding hydrogens is 312 g/mol. The molecular formula is C17H26N2O3S. The van der Waals surface area contributed by atoms with Crippen molar-refractivity contribution in [2.75, 3.05) is 38.5 Å². The Hall–Kier alpha value is -1.40. The lowest BCUT2D eigenvalue weighted by molar-refractivity contribution is -0.118. The molecule has 23 heavy (non-hydrogen) atoms. The average Bonchev–Trinajstić information content (AvgIpc) is 2.53. The SMILES string of the molecule is CN(C)c1ccc(S(C)(=O)=NC(=O)CCC2CCOCC2)cc1. The highest BCUT2D eigenvalue weighted by atomic mass is 32.2. The van der Waals surface area contributed by atoms with Crippen LogP contribution in [0.15, 0.2) is 33.5 Å². The van der Waals surface area contributed by atoms with E-state index in [1.807, 2.05) is 31.1 Å². The maximum absolute atomic E-state index is 12.7. The first-order valence-electron chi connectivity index (χ1n) is 7.98. The van der Waals surface area contributed by atoms with Crippen LogP contribution in [-0.4, -0.2) is 43.7 Å². The molecule has 0 aliphatic carbocycles. The summed E-state index contributed by atoms with van der Waals surface area (Å²) < 4.78 is 22.0. The van der Waals surface area contributed by atoms with Crippen molar-refractivity contribution in [2.45, 2.75) is 30.6 Å². The van der Waals surface area contributed by atoms with Gasteiger partial charge in [-0.05, 0) is 49.4 Å². The highest BCUT2D eigenvalue weighted by Gasteiger charge is 2.16. The molecule has 1 aliphatic heterocycles. The zero-order chi connectivity index (χ0) is 16.9. The summed E-state index contributed by atoms with van der Waals surface area (Å²) in [5.74, 6) is 0.260. The number of hydrogen-bond donors (Lipinski definition) is 0. The quantitative estimate of drug-likeness (QED) is 0.828. The van der Waals surface area contributed by atoms with Gasteiger partial charge in [0, 0.05) is 50.6 Å². The lowest BCUT2D eigenvalue weighted by Crippen LogP contribution is -2.16. The number of nitrogens with zero attached hydrogens (tertiary/aromatic N) is 2.